The van der Waals surface area contributed by atoms with Crippen LogP contribution in [0.4, 0.5) is 5.13 Å². The lowest BCUT2D eigenvalue weighted by atomic mass is 10.1. The predicted molar refractivity (Wildman–Crippen MR) is 110 cm³/mol. The molecule has 4 aromatic rings. The molecule has 7 heteroatoms. The number of hydrogen-bond donors (Lipinski definition) is 2. The third-order valence-corrected chi connectivity index (χ3v) is 5.27. The van der Waals surface area contributed by atoms with E-state index >= 15 is 0 Å². The van der Waals surface area contributed by atoms with Crippen LogP contribution in [0.3, 0.4) is 0 Å². The van der Waals surface area contributed by atoms with E-state index in [1.54, 1.807) is 18.2 Å². The Bertz CT molecular complexity index is 1220. The van der Waals surface area contributed by atoms with Crippen LogP contribution in [-0.4, -0.2) is 15.9 Å². The summed E-state index contributed by atoms with van der Waals surface area (Å²) in [4.78, 5) is 33.7. The maximum absolute atomic E-state index is 12.6. The number of nitrogens with zero attached hydrogens (tertiary/aromatic N) is 1. The topological polar surface area (TPSA) is 74.8 Å². The largest absolute Gasteiger partial charge is 0.360 e. The Morgan fingerprint density at radius 2 is 1.96 bits per heavy atom. The first-order chi connectivity index (χ1) is 13.0. The molecule has 0 aliphatic rings. The van der Waals surface area contributed by atoms with Gasteiger partial charge in [0.25, 0.3) is 5.91 Å². The van der Waals surface area contributed by atoms with E-state index in [0.717, 1.165) is 16.1 Å². The second-order valence-corrected chi connectivity index (χ2v) is 7.60. The number of pyridine rings is 1. The van der Waals surface area contributed by atoms with Crippen LogP contribution in [0.25, 0.3) is 22.2 Å². The molecule has 0 aliphatic carbocycles. The van der Waals surface area contributed by atoms with Gasteiger partial charge in [-0.1, -0.05) is 41.9 Å². The summed E-state index contributed by atoms with van der Waals surface area (Å²) in [5.74, 6) is -0.499. The Morgan fingerprint density at radius 1 is 1.19 bits per heavy atom. The number of nitrogens with one attached hydrogen (secondary N) is 2. The van der Waals surface area contributed by atoms with E-state index in [4.69, 9.17) is 11.6 Å². The third kappa shape index (κ3) is 3.37. The number of carbonyl (C=O) groups excluding carboxylic acids is 1. The number of aromatic nitrogens is 2. The van der Waals surface area contributed by atoms with Crippen LogP contribution >= 0.6 is 22.9 Å². The number of halogens is 1. The van der Waals surface area contributed by atoms with E-state index in [1.807, 2.05) is 37.3 Å². The highest BCUT2D eigenvalue weighted by Gasteiger charge is 2.16. The Kier molecular flexibility index (Phi) is 4.51. The van der Waals surface area contributed by atoms with Crippen molar-refractivity contribution >= 4 is 44.9 Å². The van der Waals surface area contributed by atoms with Gasteiger partial charge in [0.2, 0.25) is 5.43 Å². The van der Waals surface area contributed by atoms with Crippen molar-refractivity contribution in [3.8, 4) is 11.3 Å². The number of aryl methyl sites for hydroxylation is 1. The van der Waals surface area contributed by atoms with Crippen LogP contribution in [0.2, 0.25) is 5.02 Å². The zero-order valence-electron chi connectivity index (χ0n) is 14.2. The number of amides is 1. The SMILES string of the molecule is Cc1sc(NC(=O)c2c[nH]c3cc(Cl)ccc3c2=O)nc1-c1ccccc1. The van der Waals surface area contributed by atoms with Gasteiger partial charge in [-0.3, -0.25) is 14.9 Å². The van der Waals surface area contributed by atoms with E-state index in [0.29, 0.717) is 21.1 Å². The van der Waals surface area contributed by atoms with E-state index in [-0.39, 0.29) is 11.0 Å². The number of H-pyrrole nitrogens is 1. The van der Waals surface area contributed by atoms with E-state index < -0.39 is 5.91 Å². The van der Waals surface area contributed by atoms with Gasteiger partial charge in [-0.25, -0.2) is 4.98 Å². The molecule has 0 unspecified atom stereocenters. The molecule has 0 aliphatic heterocycles. The number of anilines is 1. The highest BCUT2D eigenvalue weighted by Crippen LogP contribution is 2.30. The van der Waals surface area contributed by atoms with Crippen LogP contribution < -0.4 is 10.7 Å². The highest BCUT2D eigenvalue weighted by atomic mass is 35.5. The number of rotatable bonds is 3. The maximum atomic E-state index is 12.6. The average molecular weight is 396 g/mol. The van der Waals surface area contributed by atoms with Crippen molar-refractivity contribution in [2.45, 2.75) is 6.92 Å². The predicted octanol–water partition coefficient (Wildman–Crippen LogP) is 4.87. The number of benzene rings is 2. The molecule has 0 fully saturated rings. The second-order valence-electron chi connectivity index (χ2n) is 5.97. The summed E-state index contributed by atoms with van der Waals surface area (Å²) < 4.78 is 0. The van der Waals surface area contributed by atoms with Crippen molar-refractivity contribution in [2.75, 3.05) is 5.32 Å². The van der Waals surface area contributed by atoms with Gasteiger partial charge in [-0.05, 0) is 25.1 Å². The summed E-state index contributed by atoms with van der Waals surface area (Å²) >= 11 is 7.31. The van der Waals surface area contributed by atoms with Crippen molar-refractivity contribution in [2.24, 2.45) is 0 Å². The molecule has 27 heavy (non-hydrogen) atoms. The van der Waals surface area contributed by atoms with Gasteiger partial charge in [0.15, 0.2) is 5.13 Å². The standard InChI is InChI=1S/C20H14ClN3O2S/c1-11-17(12-5-3-2-4-6-12)23-20(27-11)24-19(26)15-10-22-16-9-13(21)7-8-14(16)18(15)25/h2-10H,1H3,(H,22,25)(H,23,24,26). The van der Waals surface area contributed by atoms with E-state index in [2.05, 4.69) is 15.3 Å². The van der Waals surface area contributed by atoms with Gasteiger partial charge in [0.1, 0.15) is 5.56 Å². The summed E-state index contributed by atoms with van der Waals surface area (Å²) in [6, 6.07) is 14.6. The molecule has 134 valence electrons. The first kappa shape index (κ1) is 17.5. The molecule has 0 saturated heterocycles. The maximum Gasteiger partial charge on any atom is 0.262 e. The molecule has 4 rings (SSSR count). The van der Waals surface area contributed by atoms with Crippen LogP contribution in [0.15, 0.2) is 59.5 Å². The van der Waals surface area contributed by atoms with Crippen molar-refractivity contribution < 1.29 is 4.79 Å². The molecule has 2 aromatic carbocycles. The number of aromatic amines is 1. The molecular formula is C20H14ClN3O2S. The molecule has 0 spiro atoms. The van der Waals surface area contributed by atoms with Gasteiger partial charge < -0.3 is 4.98 Å². The lowest BCUT2D eigenvalue weighted by Crippen LogP contribution is -2.21. The van der Waals surface area contributed by atoms with Crippen LogP contribution in [0.1, 0.15) is 15.2 Å². The Hall–Kier alpha value is -2.96. The fourth-order valence-corrected chi connectivity index (χ4v) is 3.84. The highest BCUT2D eigenvalue weighted by molar-refractivity contribution is 7.16. The number of fused-ring (bicyclic) bond motifs is 1. The van der Waals surface area contributed by atoms with Gasteiger partial charge in [-0.15, -0.1) is 11.3 Å². The van der Waals surface area contributed by atoms with Gasteiger partial charge >= 0.3 is 0 Å². The van der Waals surface area contributed by atoms with E-state index in [9.17, 15) is 9.59 Å². The number of hydrogen-bond acceptors (Lipinski definition) is 4. The minimum atomic E-state index is -0.499. The fraction of sp³-hybridized carbons (Fsp3) is 0.0500. The molecule has 2 N–H and O–H groups in total. The van der Waals surface area contributed by atoms with Crippen molar-refractivity contribution in [1.29, 1.82) is 0 Å². The normalized spacial score (nSPS) is 10.9. The Morgan fingerprint density at radius 3 is 2.74 bits per heavy atom. The Labute approximate surface area is 163 Å². The lowest BCUT2D eigenvalue weighted by molar-refractivity contribution is 0.102. The summed E-state index contributed by atoms with van der Waals surface area (Å²) in [5.41, 5.74) is 2.05. The molecule has 0 atom stereocenters. The zero-order valence-corrected chi connectivity index (χ0v) is 15.8. The summed E-state index contributed by atoms with van der Waals surface area (Å²) in [7, 11) is 0. The first-order valence-corrected chi connectivity index (χ1v) is 9.37. The molecule has 0 saturated carbocycles. The number of thiazole rings is 1. The molecular weight excluding hydrogens is 382 g/mol. The molecule has 1 amide bonds. The minimum Gasteiger partial charge on any atom is -0.360 e. The van der Waals surface area contributed by atoms with Gasteiger partial charge in [-0.2, -0.15) is 0 Å². The van der Waals surface area contributed by atoms with Crippen LogP contribution in [0, 0.1) is 6.92 Å². The quantitative estimate of drug-likeness (QED) is 0.519. The van der Waals surface area contributed by atoms with Crippen LogP contribution in [-0.2, 0) is 0 Å². The molecule has 0 bridgehead atoms. The van der Waals surface area contributed by atoms with Crippen molar-refractivity contribution in [3.63, 3.8) is 0 Å². The number of carbonyl (C=O) groups is 1. The Balaban J connectivity index is 1.65. The van der Waals surface area contributed by atoms with Crippen LogP contribution in [0.5, 0.6) is 0 Å². The summed E-state index contributed by atoms with van der Waals surface area (Å²) in [5, 5.41) is 4.10. The smallest absolute Gasteiger partial charge is 0.262 e. The monoisotopic (exact) mass is 395 g/mol. The first-order valence-electron chi connectivity index (χ1n) is 8.18. The van der Waals surface area contributed by atoms with Crippen molar-refractivity contribution in [3.05, 3.63) is 80.4 Å². The molecule has 2 aromatic heterocycles. The lowest BCUT2D eigenvalue weighted by Gasteiger charge is -2.04. The average Bonchev–Trinajstić information content (AvgIpc) is 3.02. The molecule has 0 radical (unpaired) electrons. The third-order valence-electron chi connectivity index (χ3n) is 4.15. The zero-order chi connectivity index (χ0) is 19.0. The van der Waals surface area contributed by atoms with Crippen molar-refractivity contribution in [1.82, 2.24) is 9.97 Å². The molecule has 2 heterocycles. The van der Waals surface area contributed by atoms with E-state index in [1.165, 1.54) is 17.5 Å². The second kappa shape index (κ2) is 6.98. The minimum absolute atomic E-state index is 0.0268. The van der Waals surface area contributed by atoms with Gasteiger partial charge in [0.05, 0.1) is 11.2 Å². The summed E-state index contributed by atoms with van der Waals surface area (Å²) in [6.45, 7) is 1.95. The molecule has 5 nitrogen and oxygen atoms in total. The summed E-state index contributed by atoms with van der Waals surface area (Å²) in [6.07, 6.45) is 1.40. The fourth-order valence-electron chi connectivity index (χ4n) is 2.84. The van der Waals surface area contributed by atoms with Gasteiger partial charge in [0, 0.05) is 27.0 Å².